The van der Waals surface area contributed by atoms with E-state index in [-0.39, 0.29) is 17.6 Å². The topological polar surface area (TPSA) is 93.5 Å². The molecule has 0 aliphatic carbocycles. The normalized spacial score (nSPS) is 11.1. The molecule has 0 fully saturated rings. The molecule has 0 spiro atoms. The summed E-state index contributed by atoms with van der Waals surface area (Å²) in [4.78, 5) is 14.7. The molecule has 0 aromatic rings. The number of hydrogen-bond acceptors (Lipinski definition) is 3. The van der Waals surface area contributed by atoms with Gasteiger partial charge in [-0.25, -0.2) is 4.99 Å². The number of carbonyl (C=O) groups excluding carboxylic acids is 1. The van der Waals surface area contributed by atoms with Crippen LogP contribution in [0.5, 0.6) is 0 Å². The molecule has 0 saturated carbocycles. The molecule has 5 nitrogen and oxygen atoms in total. The highest BCUT2D eigenvalue weighted by atomic mass is 16.1. The predicted octanol–water partition coefficient (Wildman–Crippen LogP) is 0.529. The number of rotatable bonds is 3. The number of aliphatic imine (C=N–C) groups is 1. The average Bonchev–Trinajstić information content (AvgIpc) is 2.19. The highest BCUT2D eigenvalue weighted by Gasteiger charge is 2.06. The molecule has 14 heavy (non-hydrogen) atoms. The summed E-state index contributed by atoms with van der Waals surface area (Å²) in [5, 5.41) is 2.49. The minimum atomic E-state index is -0.141. The predicted molar refractivity (Wildman–Crippen MR) is 59.3 cm³/mol. The van der Waals surface area contributed by atoms with Crippen LogP contribution in [0.2, 0.25) is 0 Å². The number of hydrogen-bond donors (Lipinski definition) is 3. The zero-order valence-corrected chi connectivity index (χ0v) is 9.24. The molecule has 0 rings (SSSR count). The molecular formula is C9H20N4O. The van der Waals surface area contributed by atoms with Gasteiger partial charge in [0, 0.05) is 12.1 Å². The van der Waals surface area contributed by atoms with Crippen molar-refractivity contribution in [3.63, 3.8) is 0 Å². The van der Waals surface area contributed by atoms with Crippen molar-refractivity contribution < 1.29 is 4.79 Å². The summed E-state index contributed by atoms with van der Waals surface area (Å²) in [5.41, 5.74) is 10.2. The third kappa shape index (κ3) is 7.15. The Balaban J connectivity index is 0. The lowest BCUT2D eigenvalue weighted by molar-refractivity contribution is -0.123. The van der Waals surface area contributed by atoms with Crippen molar-refractivity contribution in [3.05, 3.63) is 12.0 Å². The molecule has 0 bridgehead atoms. The lowest BCUT2D eigenvalue weighted by Gasteiger charge is -2.06. The molecular weight excluding hydrogens is 180 g/mol. The first-order valence-electron chi connectivity index (χ1n) is 4.58. The van der Waals surface area contributed by atoms with Crippen LogP contribution in [0.1, 0.15) is 27.7 Å². The van der Waals surface area contributed by atoms with E-state index in [0.717, 1.165) is 6.34 Å². The number of nitrogens with zero attached hydrogens (tertiary/aromatic N) is 1. The van der Waals surface area contributed by atoms with E-state index in [4.69, 9.17) is 11.5 Å². The summed E-state index contributed by atoms with van der Waals surface area (Å²) in [6.45, 7) is 7.55. The lowest BCUT2D eigenvalue weighted by Crippen LogP contribution is -2.27. The monoisotopic (exact) mass is 200 g/mol. The largest absolute Gasteiger partial charge is 0.402 e. The Labute approximate surface area is 85.3 Å². The fraction of sp³-hybridized carbons (Fsp3) is 0.556. The molecule has 0 atom stereocenters. The summed E-state index contributed by atoms with van der Waals surface area (Å²) >= 11 is 0. The number of carbonyl (C=O) groups is 1. The van der Waals surface area contributed by atoms with Gasteiger partial charge in [0.15, 0.2) is 0 Å². The van der Waals surface area contributed by atoms with Gasteiger partial charge in [0.2, 0.25) is 5.91 Å². The third-order valence-corrected chi connectivity index (χ3v) is 1.15. The first kappa shape index (κ1) is 15.0. The summed E-state index contributed by atoms with van der Waals surface area (Å²) in [5.74, 6) is 0.0152. The van der Waals surface area contributed by atoms with Crippen LogP contribution in [0.15, 0.2) is 17.0 Å². The highest BCUT2D eigenvalue weighted by Crippen LogP contribution is 1.94. The SMILES string of the molecule is CC.CC(C)C(=O)NC(=C/N)/N=C\N. The van der Waals surface area contributed by atoms with Crippen molar-refractivity contribution in [2.75, 3.05) is 0 Å². The maximum absolute atomic E-state index is 11.1. The summed E-state index contributed by atoms with van der Waals surface area (Å²) in [6, 6.07) is 0. The molecule has 0 heterocycles. The Kier molecular flexibility index (Phi) is 10.2. The zero-order chi connectivity index (χ0) is 11.6. The number of amides is 1. The quantitative estimate of drug-likeness (QED) is 0.458. The standard InChI is InChI=1S/C7H14N4O.C2H6/c1-5(2)7(12)11-6(3-8)10-4-9;1-2/h3-5H,8H2,1-2H3,(H2,9,10)(H,11,12);1-2H3/b6-3+;. The lowest BCUT2D eigenvalue weighted by atomic mass is 10.2. The second kappa shape index (κ2) is 9.57. The Morgan fingerprint density at radius 3 is 2.14 bits per heavy atom. The van der Waals surface area contributed by atoms with Crippen molar-refractivity contribution >= 4 is 12.2 Å². The highest BCUT2D eigenvalue weighted by molar-refractivity contribution is 5.79. The minimum absolute atomic E-state index is 0.104. The molecule has 1 amide bonds. The van der Waals surface area contributed by atoms with E-state index in [0.29, 0.717) is 0 Å². The summed E-state index contributed by atoms with van der Waals surface area (Å²) in [7, 11) is 0. The van der Waals surface area contributed by atoms with E-state index in [1.807, 2.05) is 13.8 Å². The van der Waals surface area contributed by atoms with E-state index in [1.54, 1.807) is 13.8 Å². The van der Waals surface area contributed by atoms with Crippen molar-refractivity contribution in [2.24, 2.45) is 22.4 Å². The molecule has 0 radical (unpaired) electrons. The fourth-order valence-corrected chi connectivity index (χ4v) is 0.468. The van der Waals surface area contributed by atoms with E-state index in [1.165, 1.54) is 6.20 Å². The third-order valence-electron chi connectivity index (χ3n) is 1.15. The maximum Gasteiger partial charge on any atom is 0.228 e. The molecule has 0 aliphatic rings. The molecule has 0 aromatic carbocycles. The molecule has 5 heteroatoms. The van der Waals surface area contributed by atoms with Crippen LogP contribution in [0.25, 0.3) is 0 Å². The Hall–Kier alpha value is -1.52. The van der Waals surface area contributed by atoms with Gasteiger partial charge in [-0.1, -0.05) is 27.7 Å². The van der Waals surface area contributed by atoms with E-state index < -0.39 is 0 Å². The smallest absolute Gasteiger partial charge is 0.228 e. The van der Waals surface area contributed by atoms with Crippen LogP contribution in [0.3, 0.4) is 0 Å². The first-order chi connectivity index (χ1) is 6.61. The van der Waals surface area contributed by atoms with Gasteiger partial charge in [-0.05, 0) is 0 Å². The van der Waals surface area contributed by atoms with Crippen molar-refractivity contribution in [2.45, 2.75) is 27.7 Å². The molecule has 82 valence electrons. The molecule has 0 unspecified atom stereocenters. The maximum atomic E-state index is 11.1. The van der Waals surface area contributed by atoms with Crippen LogP contribution in [-0.2, 0) is 4.79 Å². The Bertz CT molecular complexity index is 209. The summed E-state index contributed by atoms with van der Waals surface area (Å²) in [6.07, 6.45) is 2.25. The molecule has 0 aromatic heterocycles. The molecule has 0 aliphatic heterocycles. The molecule has 5 N–H and O–H groups in total. The fourth-order valence-electron chi connectivity index (χ4n) is 0.468. The van der Waals surface area contributed by atoms with E-state index >= 15 is 0 Å². The van der Waals surface area contributed by atoms with E-state index in [2.05, 4.69) is 10.3 Å². The Morgan fingerprint density at radius 1 is 1.36 bits per heavy atom. The van der Waals surface area contributed by atoms with Gasteiger partial charge in [0.05, 0.1) is 6.34 Å². The Morgan fingerprint density at radius 2 is 1.86 bits per heavy atom. The van der Waals surface area contributed by atoms with Crippen LogP contribution in [0.4, 0.5) is 0 Å². The van der Waals surface area contributed by atoms with Crippen LogP contribution in [-0.4, -0.2) is 12.2 Å². The van der Waals surface area contributed by atoms with Gasteiger partial charge in [-0.15, -0.1) is 0 Å². The second-order valence-electron chi connectivity index (χ2n) is 2.47. The zero-order valence-electron chi connectivity index (χ0n) is 9.24. The van der Waals surface area contributed by atoms with Crippen molar-refractivity contribution in [3.8, 4) is 0 Å². The van der Waals surface area contributed by atoms with Gasteiger partial charge in [-0.2, -0.15) is 0 Å². The second-order valence-corrected chi connectivity index (χ2v) is 2.47. The molecule has 0 saturated heterocycles. The van der Waals surface area contributed by atoms with Gasteiger partial charge in [0.25, 0.3) is 0 Å². The summed E-state index contributed by atoms with van der Waals surface area (Å²) < 4.78 is 0. The van der Waals surface area contributed by atoms with E-state index in [9.17, 15) is 4.79 Å². The van der Waals surface area contributed by atoms with Crippen LogP contribution < -0.4 is 16.8 Å². The van der Waals surface area contributed by atoms with Gasteiger partial charge in [0.1, 0.15) is 5.82 Å². The number of nitrogens with one attached hydrogen (secondary N) is 1. The van der Waals surface area contributed by atoms with Crippen molar-refractivity contribution in [1.29, 1.82) is 0 Å². The number of nitrogens with two attached hydrogens (primary N) is 2. The van der Waals surface area contributed by atoms with Gasteiger partial charge < -0.3 is 16.8 Å². The van der Waals surface area contributed by atoms with Gasteiger partial charge >= 0.3 is 0 Å². The van der Waals surface area contributed by atoms with Crippen molar-refractivity contribution in [1.82, 2.24) is 5.32 Å². The minimum Gasteiger partial charge on any atom is -0.402 e. The first-order valence-corrected chi connectivity index (χ1v) is 4.58. The van der Waals surface area contributed by atoms with Crippen LogP contribution >= 0.6 is 0 Å². The van der Waals surface area contributed by atoms with Gasteiger partial charge in [-0.3, -0.25) is 4.79 Å². The average molecular weight is 200 g/mol. The van der Waals surface area contributed by atoms with Crippen LogP contribution in [0, 0.1) is 5.92 Å².